The second kappa shape index (κ2) is 14.2. The van der Waals surface area contributed by atoms with Crippen molar-refractivity contribution in [2.24, 2.45) is 0 Å². The summed E-state index contributed by atoms with van der Waals surface area (Å²) in [6.45, 7) is 12.8. The first-order valence-electron chi connectivity index (χ1n) is 19.2. The van der Waals surface area contributed by atoms with Gasteiger partial charge in [0, 0.05) is 33.2 Å². The Kier molecular flexibility index (Phi) is 9.53. The number of rotatable bonds is 5. The highest BCUT2D eigenvalue weighted by Crippen LogP contribution is 2.45. The molecule has 0 fully saturated rings. The lowest BCUT2D eigenvalue weighted by atomic mass is 9.85. The van der Waals surface area contributed by atoms with Crippen molar-refractivity contribution in [1.29, 1.82) is 0 Å². The lowest BCUT2D eigenvalue weighted by Gasteiger charge is -2.20. The molecule has 6 aromatic carbocycles. The van der Waals surface area contributed by atoms with Gasteiger partial charge in [0.15, 0.2) is 17.5 Å². The predicted octanol–water partition coefficient (Wildman–Crippen LogP) is 14.3. The summed E-state index contributed by atoms with van der Waals surface area (Å²) in [5.74, 6) is 0.610. The Hall–Kier alpha value is -6.29. The standard InChI is InChI=1S/C49H40F6N4/c1-46(2,3)31-18-23-41-38(25-31)39-26-32(47(4,5)6)19-24-42(39)59(41)34-20-22-36(37(28-34)35-21-17-33(48(50,51)52)27-40(35)49(53,54)55)45-57-43(29-13-9-7-10-14-29)56-44(58-45)30-15-11-8-12-16-30/h7-28H,1-6H3. The molecule has 0 spiro atoms. The van der Waals surface area contributed by atoms with Gasteiger partial charge in [-0.15, -0.1) is 0 Å². The van der Waals surface area contributed by atoms with Crippen LogP contribution in [0.25, 0.3) is 72.8 Å². The third-order valence-corrected chi connectivity index (χ3v) is 10.6. The predicted molar refractivity (Wildman–Crippen MR) is 223 cm³/mol. The lowest BCUT2D eigenvalue weighted by Crippen LogP contribution is -2.12. The summed E-state index contributed by atoms with van der Waals surface area (Å²) in [6.07, 6.45) is -10.2. The van der Waals surface area contributed by atoms with Gasteiger partial charge in [-0.05, 0) is 87.7 Å². The van der Waals surface area contributed by atoms with Crippen LogP contribution >= 0.6 is 0 Å². The fourth-order valence-electron chi connectivity index (χ4n) is 7.44. The average molecular weight is 799 g/mol. The van der Waals surface area contributed by atoms with Gasteiger partial charge in [-0.2, -0.15) is 26.3 Å². The van der Waals surface area contributed by atoms with Gasteiger partial charge in [-0.1, -0.05) is 120 Å². The van der Waals surface area contributed by atoms with Crippen molar-refractivity contribution >= 4 is 21.8 Å². The number of aromatic nitrogens is 4. The summed E-state index contributed by atoms with van der Waals surface area (Å²) in [5, 5.41) is 1.93. The molecule has 2 aromatic heterocycles. The minimum absolute atomic E-state index is 0.000367. The third-order valence-electron chi connectivity index (χ3n) is 10.6. The Morgan fingerprint density at radius 3 is 1.32 bits per heavy atom. The third kappa shape index (κ3) is 7.59. The molecular weight excluding hydrogens is 759 g/mol. The van der Waals surface area contributed by atoms with Crippen LogP contribution in [0.3, 0.4) is 0 Å². The van der Waals surface area contributed by atoms with Crippen LogP contribution in [-0.2, 0) is 23.2 Å². The number of halogens is 6. The Balaban J connectivity index is 1.46. The van der Waals surface area contributed by atoms with E-state index in [2.05, 4.69) is 65.8 Å². The molecule has 0 bridgehead atoms. The van der Waals surface area contributed by atoms with Gasteiger partial charge in [0.2, 0.25) is 0 Å². The van der Waals surface area contributed by atoms with Crippen LogP contribution in [0.5, 0.6) is 0 Å². The number of benzene rings is 6. The molecule has 0 saturated heterocycles. The van der Waals surface area contributed by atoms with E-state index >= 15 is 13.2 Å². The maximum atomic E-state index is 15.1. The molecule has 298 valence electrons. The van der Waals surface area contributed by atoms with Gasteiger partial charge in [-0.3, -0.25) is 0 Å². The van der Waals surface area contributed by atoms with Gasteiger partial charge in [0.1, 0.15) is 0 Å². The molecule has 10 heteroatoms. The van der Waals surface area contributed by atoms with Crippen LogP contribution in [0.15, 0.2) is 133 Å². The number of fused-ring (bicyclic) bond motifs is 3. The van der Waals surface area contributed by atoms with Crippen LogP contribution in [-0.4, -0.2) is 19.5 Å². The molecule has 0 aliphatic heterocycles. The zero-order chi connectivity index (χ0) is 42.1. The monoisotopic (exact) mass is 798 g/mol. The van der Waals surface area contributed by atoms with Crippen molar-refractivity contribution in [3.05, 3.63) is 156 Å². The molecule has 0 saturated carbocycles. The first kappa shape index (κ1) is 39.5. The summed E-state index contributed by atoms with van der Waals surface area (Å²) in [7, 11) is 0. The first-order chi connectivity index (χ1) is 27.8. The Morgan fingerprint density at radius 2 is 0.864 bits per heavy atom. The normalized spacial score (nSPS) is 12.7. The van der Waals surface area contributed by atoms with E-state index < -0.39 is 29.0 Å². The van der Waals surface area contributed by atoms with E-state index in [1.54, 1.807) is 18.2 Å². The van der Waals surface area contributed by atoms with Crippen LogP contribution in [0, 0.1) is 0 Å². The number of hydrogen-bond acceptors (Lipinski definition) is 3. The van der Waals surface area contributed by atoms with E-state index in [9.17, 15) is 13.2 Å². The molecule has 0 radical (unpaired) electrons. The molecule has 4 nitrogen and oxygen atoms in total. The van der Waals surface area contributed by atoms with Crippen molar-refractivity contribution < 1.29 is 26.3 Å². The van der Waals surface area contributed by atoms with E-state index in [-0.39, 0.29) is 45.5 Å². The Labute approximate surface area is 338 Å². The summed E-state index contributed by atoms with van der Waals surface area (Å²) in [6, 6.07) is 37.4. The second-order valence-electron chi connectivity index (χ2n) is 16.8. The van der Waals surface area contributed by atoms with Crippen LogP contribution in [0.2, 0.25) is 0 Å². The molecule has 59 heavy (non-hydrogen) atoms. The fraction of sp³-hybridized carbons (Fsp3) is 0.204. The number of alkyl halides is 6. The molecule has 0 atom stereocenters. The zero-order valence-corrected chi connectivity index (χ0v) is 33.3. The highest BCUT2D eigenvalue weighted by atomic mass is 19.4. The van der Waals surface area contributed by atoms with Gasteiger partial charge in [0.05, 0.1) is 22.2 Å². The van der Waals surface area contributed by atoms with Crippen molar-refractivity contribution in [3.8, 4) is 51.0 Å². The largest absolute Gasteiger partial charge is 0.417 e. The fourth-order valence-corrected chi connectivity index (χ4v) is 7.44. The molecule has 2 heterocycles. The molecule has 8 rings (SSSR count). The zero-order valence-electron chi connectivity index (χ0n) is 33.3. The van der Waals surface area contributed by atoms with Crippen molar-refractivity contribution in [2.75, 3.05) is 0 Å². The second-order valence-corrected chi connectivity index (χ2v) is 16.8. The minimum atomic E-state index is -5.15. The highest BCUT2D eigenvalue weighted by molar-refractivity contribution is 6.10. The van der Waals surface area contributed by atoms with E-state index in [0.717, 1.165) is 39.0 Å². The molecular formula is C49H40F6N4. The van der Waals surface area contributed by atoms with E-state index in [0.29, 0.717) is 22.9 Å². The summed E-state index contributed by atoms with van der Waals surface area (Å²) in [4.78, 5) is 14.3. The maximum absolute atomic E-state index is 15.1. The van der Waals surface area contributed by atoms with Gasteiger partial charge in [0.25, 0.3) is 0 Å². The van der Waals surface area contributed by atoms with E-state index in [1.165, 1.54) is 0 Å². The van der Waals surface area contributed by atoms with Crippen molar-refractivity contribution in [1.82, 2.24) is 19.5 Å². The Bertz CT molecular complexity index is 2730. The maximum Gasteiger partial charge on any atom is 0.417 e. The summed E-state index contributed by atoms with van der Waals surface area (Å²) < 4.78 is 89.1. The average Bonchev–Trinajstić information content (AvgIpc) is 3.53. The molecule has 0 aliphatic carbocycles. The topological polar surface area (TPSA) is 43.6 Å². The van der Waals surface area contributed by atoms with Crippen molar-refractivity contribution in [2.45, 2.75) is 64.7 Å². The van der Waals surface area contributed by atoms with Crippen LogP contribution in [0.4, 0.5) is 26.3 Å². The van der Waals surface area contributed by atoms with Gasteiger partial charge < -0.3 is 4.57 Å². The van der Waals surface area contributed by atoms with Crippen molar-refractivity contribution in [3.63, 3.8) is 0 Å². The Morgan fingerprint density at radius 1 is 0.407 bits per heavy atom. The number of nitrogens with zero attached hydrogens (tertiary/aromatic N) is 4. The van der Waals surface area contributed by atoms with Gasteiger partial charge >= 0.3 is 12.4 Å². The van der Waals surface area contributed by atoms with E-state index in [4.69, 9.17) is 15.0 Å². The number of hydrogen-bond donors (Lipinski definition) is 0. The SMILES string of the molecule is CC(C)(C)c1ccc2c(c1)c1cc(C(C)(C)C)ccc1n2-c1ccc(-c2nc(-c3ccccc3)nc(-c3ccccc3)n2)c(-c2ccc(C(F)(F)F)cc2C(F)(F)F)c1. The first-order valence-corrected chi connectivity index (χ1v) is 19.2. The minimum Gasteiger partial charge on any atom is -0.309 e. The molecule has 0 N–H and O–H groups in total. The van der Waals surface area contributed by atoms with Crippen LogP contribution < -0.4 is 0 Å². The van der Waals surface area contributed by atoms with E-state index in [1.807, 2.05) is 77.4 Å². The smallest absolute Gasteiger partial charge is 0.309 e. The summed E-state index contributed by atoms with van der Waals surface area (Å²) in [5.41, 5.74) is 2.21. The molecule has 0 amide bonds. The molecule has 0 aliphatic rings. The van der Waals surface area contributed by atoms with Crippen LogP contribution in [0.1, 0.15) is 63.8 Å². The molecule has 8 aromatic rings. The quantitative estimate of drug-likeness (QED) is 0.163. The highest BCUT2D eigenvalue weighted by Gasteiger charge is 2.39. The van der Waals surface area contributed by atoms with Gasteiger partial charge in [-0.25, -0.2) is 15.0 Å². The summed E-state index contributed by atoms with van der Waals surface area (Å²) >= 11 is 0. The molecule has 0 unspecified atom stereocenters. The lowest BCUT2D eigenvalue weighted by molar-refractivity contribution is -0.142.